The summed E-state index contributed by atoms with van der Waals surface area (Å²) in [6, 6.07) is 6.49. The fraction of sp³-hybridized carbons (Fsp3) is 0.200. The molecular weight excluding hydrogens is 326 g/mol. The SMILES string of the molecule is COc1ccc(Cl)cc1NC(=O)[C@H](C)OC(=O)c1ccsc1. The van der Waals surface area contributed by atoms with E-state index in [1.54, 1.807) is 35.0 Å². The van der Waals surface area contributed by atoms with Gasteiger partial charge in [0.1, 0.15) is 5.75 Å². The average molecular weight is 340 g/mol. The molecule has 5 nitrogen and oxygen atoms in total. The van der Waals surface area contributed by atoms with Gasteiger partial charge in [0.15, 0.2) is 6.10 Å². The zero-order chi connectivity index (χ0) is 16.1. The van der Waals surface area contributed by atoms with Gasteiger partial charge in [0, 0.05) is 10.4 Å². The molecule has 116 valence electrons. The van der Waals surface area contributed by atoms with Crippen molar-refractivity contribution in [3.05, 3.63) is 45.6 Å². The summed E-state index contributed by atoms with van der Waals surface area (Å²) >= 11 is 7.28. The van der Waals surface area contributed by atoms with E-state index in [1.807, 2.05) is 0 Å². The summed E-state index contributed by atoms with van der Waals surface area (Å²) in [5, 5.41) is 6.51. The second-order valence-corrected chi connectivity index (χ2v) is 5.61. The summed E-state index contributed by atoms with van der Waals surface area (Å²) in [6.45, 7) is 1.50. The minimum Gasteiger partial charge on any atom is -0.495 e. The first-order valence-corrected chi connectivity index (χ1v) is 7.71. The summed E-state index contributed by atoms with van der Waals surface area (Å²) in [5.74, 6) is -0.541. The molecule has 7 heteroatoms. The van der Waals surface area contributed by atoms with Gasteiger partial charge >= 0.3 is 5.97 Å². The number of amides is 1. The molecule has 1 heterocycles. The normalized spacial score (nSPS) is 11.6. The number of hydrogen-bond donors (Lipinski definition) is 1. The number of nitrogens with one attached hydrogen (secondary N) is 1. The van der Waals surface area contributed by atoms with Crippen molar-refractivity contribution in [2.75, 3.05) is 12.4 Å². The molecule has 1 amide bonds. The first-order chi connectivity index (χ1) is 10.5. The second-order valence-electron chi connectivity index (χ2n) is 4.39. The number of halogens is 1. The Labute approximate surface area is 136 Å². The highest BCUT2D eigenvalue weighted by molar-refractivity contribution is 7.08. The van der Waals surface area contributed by atoms with Crippen LogP contribution in [0.5, 0.6) is 5.75 Å². The van der Waals surface area contributed by atoms with Gasteiger partial charge in [-0.15, -0.1) is 0 Å². The topological polar surface area (TPSA) is 64.6 Å². The molecule has 0 bridgehead atoms. The van der Waals surface area contributed by atoms with Crippen molar-refractivity contribution in [3.63, 3.8) is 0 Å². The summed E-state index contributed by atoms with van der Waals surface area (Å²) in [4.78, 5) is 23.9. The van der Waals surface area contributed by atoms with Crippen molar-refractivity contribution in [1.29, 1.82) is 0 Å². The van der Waals surface area contributed by atoms with Crippen LogP contribution in [0, 0.1) is 0 Å². The highest BCUT2D eigenvalue weighted by Gasteiger charge is 2.20. The van der Waals surface area contributed by atoms with Gasteiger partial charge in [-0.3, -0.25) is 4.79 Å². The smallest absolute Gasteiger partial charge is 0.339 e. The fourth-order valence-electron chi connectivity index (χ4n) is 1.67. The maximum absolute atomic E-state index is 12.1. The van der Waals surface area contributed by atoms with Gasteiger partial charge in [-0.25, -0.2) is 4.79 Å². The summed E-state index contributed by atoms with van der Waals surface area (Å²) in [5.41, 5.74) is 0.836. The van der Waals surface area contributed by atoms with Gasteiger partial charge in [-0.05, 0) is 36.6 Å². The van der Waals surface area contributed by atoms with Gasteiger partial charge in [0.05, 0.1) is 18.4 Å². The third-order valence-corrected chi connectivity index (χ3v) is 3.75. The highest BCUT2D eigenvalue weighted by Crippen LogP contribution is 2.27. The molecular formula is C15H14ClNO4S. The third-order valence-electron chi connectivity index (χ3n) is 2.83. The van der Waals surface area contributed by atoms with E-state index in [-0.39, 0.29) is 0 Å². The molecule has 2 aromatic rings. The Balaban J connectivity index is 2.02. The lowest BCUT2D eigenvalue weighted by atomic mass is 10.2. The molecule has 2 rings (SSSR count). The Morgan fingerprint density at radius 1 is 1.32 bits per heavy atom. The van der Waals surface area contributed by atoms with E-state index in [0.29, 0.717) is 22.0 Å². The second kappa shape index (κ2) is 7.29. The summed E-state index contributed by atoms with van der Waals surface area (Å²) in [7, 11) is 1.49. The van der Waals surface area contributed by atoms with Crippen molar-refractivity contribution >= 4 is 40.5 Å². The van der Waals surface area contributed by atoms with Crippen LogP contribution in [0.4, 0.5) is 5.69 Å². The molecule has 0 fully saturated rings. The Morgan fingerprint density at radius 2 is 2.09 bits per heavy atom. The molecule has 1 N–H and O–H groups in total. The average Bonchev–Trinajstić information content (AvgIpc) is 3.01. The Hall–Kier alpha value is -2.05. The van der Waals surface area contributed by atoms with Gasteiger partial charge in [0.2, 0.25) is 0 Å². The van der Waals surface area contributed by atoms with Crippen molar-refractivity contribution < 1.29 is 19.1 Å². The predicted molar refractivity (Wildman–Crippen MR) is 85.8 cm³/mol. The molecule has 0 aliphatic rings. The van der Waals surface area contributed by atoms with E-state index in [0.717, 1.165) is 0 Å². The molecule has 0 radical (unpaired) electrons. The minimum absolute atomic E-state index is 0.415. The standard InChI is InChI=1S/C15H14ClNO4S/c1-9(21-15(19)10-5-6-22-8-10)14(18)17-12-7-11(16)3-4-13(12)20-2/h3-9H,1-2H3,(H,17,18)/t9-/m0/s1. The van der Waals surface area contributed by atoms with Crippen molar-refractivity contribution in [2.45, 2.75) is 13.0 Å². The maximum atomic E-state index is 12.1. The number of benzene rings is 1. The number of hydrogen-bond acceptors (Lipinski definition) is 5. The number of ether oxygens (including phenoxy) is 2. The lowest BCUT2D eigenvalue weighted by Gasteiger charge is -2.15. The van der Waals surface area contributed by atoms with E-state index >= 15 is 0 Å². The van der Waals surface area contributed by atoms with Crippen LogP contribution in [0.2, 0.25) is 5.02 Å². The number of thiophene rings is 1. The predicted octanol–water partition coefficient (Wildman–Crippen LogP) is 3.59. The zero-order valence-corrected chi connectivity index (χ0v) is 13.5. The summed E-state index contributed by atoms with van der Waals surface area (Å²) in [6.07, 6.45) is -0.948. The minimum atomic E-state index is -0.948. The third kappa shape index (κ3) is 3.99. The molecule has 0 aliphatic heterocycles. The van der Waals surface area contributed by atoms with Crippen LogP contribution in [0.25, 0.3) is 0 Å². The van der Waals surface area contributed by atoms with Gasteiger partial charge in [0.25, 0.3) is 5.91 Å². The number of methoxy groups -OCH3 is 1. The Bertz CT molecular complexity index is 672. The van der Waals surface area contributed by atoms with Crippen LogP contribution in [-0.2, 0) is 9.53 Å². The van der Waals surface area contributed by atoms with Crippen molar-refractivity contribution in [3.8, 4) is 5.75 Å². The fourth-order valence-corrected chi connectivity index (χ4v) is 2.47. The number of carbonyl (C=O) groups excluding carboxylic acids is 2. The van der Waals surface area contributed by atoms with Crippen molar-refractivity contribution in [2.24, 2.45) is 0 Å². The van der Waals surface area contributed by atoms with Gasteiger partial charge in [-0.1, -0.05) is 11.6 Å². The highest BCUT2D eigenvalue weighted by atomic mass is 35.5. The largest absolute Gasteiger partial charge is 0.495 e. The van der Waals surface area contributed by atoms with Crippen LogP contribution in [-0.4, -0.2) is 25.1 Å². The molecule has 0 unspecified atom stereocenters. The first kappa shape index (κ1) is 16.3. The number of rotatable bonds is 5. The van der Waals surface area contributed by atoms with Crippen LogP contribution in [0.3, 0.4) is 0 Å². The molecule has 0 saturated carbocycles. The molecule has 1 aromatic carbocycles. The van der Waals surface area contributed by atoms with Crippen LogP contribution < -0.4 is 10.1 Å². The number of carbonyl (C=O) groups is 2. The molecule has 0 aliphatic carbocycles. The summed E-state index contributed by atoms with van der Waals surface area (Å²) < 4.78 is 10.3. The van der Waals surface area contributed by atoms with E-state index in [1.165, 1.54) is 25.4 Å². The molecule has 0 spiro atoms. The van der Waals surface area contributed by atoms with E-state index in [2.05, 4.69) is 5.32 Å². The lowest BCUT2D eigenvalue weighted by molar-refractivity contribution is -0.123. The Morgan fingerprint density at radius 3 is 2.73 bits per heavy atom. The van der Waals surface area contributed by atoms with Crippen LogP contribution >= 0.6 is 22.9 Å². The van der Waals surface area contributed by atoms with E-state index in [4.69, 9.17) is 21.1 Å². The maximum Gasteiger partial charge on any atom is 0.339 e. The van der Waals surface area contributed by atoms with Gasteiger partial charge in [-0.2, -0.15) is 11.3 Å². The zero-order valence-electron chi connectivity index (χ0n) is 12.0. The lowest BCUT2D eigenvalue weighted by Crippen LogP contribution is -2.30. The number of esters is 1. The van der Waals surface area contributed by atoms with E-state index in [9.17, 15) is 9.59 Å². The van der Waals surface area contributed by atoms with Crippen molar-refractivity contribution in [1.82, 2.24) is 0 Å². The van der Waals surface area contributed by atoms with Gasteiger partial charge < -0.3 is 14.8 Å². The molecule has 22 heavy (non-hydrogen) atoms. The molecule has 1 aromatic heterocycles. The van der Waals surface area contributed by atoms with E-state index < -0.39 is 18.0 Å². The molecule has 0 saturated heterocycles. The first-order valence-electron chi connectivity index (χ1n) is 6.39. The monoisotopic (exact) mass is 339 g/mol. The molecule has 1 atom stereocenters. The number of anilines is 1. The van der Waals surface area contributed by atoms with Crippen LogP contribution in [0.15, 0.2) is 35.0 Å². The van der Waals surface area contributed by atoms with Crippen LogP contribution in [0.1, 0.15) is 17.3 Å². The quantitative estimate of drug-likeness (QED) is 0.845. The Kier molecular flexibility index (Phi) is 5.41.